The molecule has 122 valence electrons. The van der Waals surface area contributed by atoms with Crippen molar-refractivity contribution < 1.29 is 19.4 Å². The van der Waals surface area contributed by atoms with E-state index in [2.05, 4.69) is 5.10 Å². The fourth-order valence-electron chi connectivity index (χ4n) is 2.85. The largest absolute Gasteiger partial charge is 0.480 e. The fourth-order valence-corrected chi connectivity index (χ4v) is 2.85. The van der Waals surface area contributed by atoms with Crippen molar-refractivity contribution >= 4 is 23.3 Å². The van der Waals surface area contributed by atoms with Crippen molar-refractivity contribution in [1.82, 2.24) is 4.90 Å². The summed E-state index contributed by atoms with van der Waals surface area (Å²) >= 11 is 0. The number of likely N-dealkylation sites (N-methyl/N-ethyl adjacent to an activating group) is 1. The minimum Gasteiger partial charge on any atom is -0.480 e. The number of amides is 1. The predicted octanol–water partition coefficient (Wildman–Crippen LogP) is 0.953. The number of aliphatic carboxylic acids is 1. The van der Waals surface area contributed by atoms with Gasteiger partial charge in [0.25, 0.3) is 5.91 Å². The van der Waals surface area contributed by atoms with E-state index in [1.165, 1.54) is 5.01 Å². The molecule has 3 rings (SSSR count). The maximum absolute atomic E-state index is 12.6. The summed E-state index contributed by atoms with van der Waals surface area (Å²) in [6.45, 7) is 1.16. The lowest BCUT2D eigenvalue weighted by Crippen LogP contribution is -2.41. The molecule has 0 bridgehead atoms. The number of anilines is 1. The summed E-state index contributed by atoms with van der Waals surface area (Å²) in [6, 6.07) is 8.20. The topological polar surface area (TPSA) is 82.4 Å². The van der Waals surface area contributed by atoms with E-state index in [9.17, 15) is 14.7 Å². The molecule has 7 heteroatoms. The zero-order valence-electron chi connectivity index (χ0n) is 12.9. The molecule has 1 N–H and O–H groups in total. The second kappa shape index (κ2) is 6.37. The molecule has 2 aliphatic heterocycles. The van der Waals surface area contributed by atoms with Gasteiger partial charge in [0.15, 0.2) is 6.04 Å². The average Bonchev–Trinajstić information content (AvgIpc) is 3.24. The Labute approximate surface area is 134 Å². The molecule has 2 aliphatic rings. The summed E-state index contributed by atoms with van der Waals surface area (Å²) in [5.74, 6) is -1.22. The van der Waals surface area contributed by atoms with E-state index in [1.54, 1.807) is 24.1 Å². The zero-order chi connectivity index (χ0) is 16.4. The summed E-state index contributed by atoms with van der Waals surface area (Å²) in [5.41, 5.74) is 0.935. The molecule has 0 aliphatic carbocycles. The Kier molecular flexibility index (Phi) is 4.29. The molecular weight excluding hydrogens is 298 g/mol. The number of carbonyl (C=O) groups excluding carboxylic acids is 1. The van der Waals surface area contributed by atoms with Gasteiger partial charge in [-0.25, -0.2) is 4.79 Å². The van der Waals surface area contributed by atoms with Crippen LogP contribution in [0.4, 0.5) is 5.69 Å². The summed E-state index contributed by atoms with van der Waals surface area (Å²) in [7, 11) is 1.71. The molecule has 7 nitrogen and oxygen atoms in total. The van der Waals surface area contributed by atoms with E-state index in [-0.39, 0.29) is 24.1 Å². The van der Waals surface area contributed by atoms with Crippen LogP contribution in [0.5, 0.6) is 0 Å². The Morgan fingerprint density at radius 3 is 2.70 bits per heavy atom. The van der Waals surface area contributed by atoms with Crippen LogP contribution in [0.25, 0.3) is 0 Å². The molecule has 0 saturated carbocycles. The van der Waals surface area contributed by atoms with Gasteiger partial charge in [-0.15, -0.1) is 0 Å². The number of hydrazone groups is 1. The van der Waals surface area contributed by atoms with Crippen LogP contribution in [0.15, 0.2) is 35.4 Å². The first-order valence-corrected chi connectivity index (χ1v) is 7.57. The second-order valence-electron chi connectivity index (χ2n) is 5.72. The fraction of sp³-hybridized carbons (Fsp3) is 0.438. The van der Waals surface area contributed by atoms with Crippen LogP contribution in [0.3, 0.4) is 0 Å². The standard InChI is InChI=1S/C16H19N3O4/c1-18(12-7-8-23-10-12)15(20)13-9-14(16(21)22)19(17-13)11-5-3-2-4-6-11/h2-6,12,14H,7-10H2,1H3,(H,21,22). The van der Waals surface area contributed by atoms with Gasteiger partial charge in [0.1, 0.15) is 5.71 Å². The lowest BCUT2D eigenvalue weighted by atomic mass is 10.1. The van der Waals surface area contributed by atoms with Crippen molar-refractivity contribution in [2.45, 2.75) is 24.9 Å². The molecule has 1 aromatic carbocycles. The third kappa shape index (κ3) is 3.05. The van der Waals surface area contributed by atoms with Crippen molar-refractivity contribution in [3.05, 3.63) is 30.3 Å². The average molecular weight is 317 g/mol. The monoisotopic (exact) mass is 317 g/mol. The molecule has 2 atom stereocenters. The number of rotatable bonds is 4. The molecule has 1 fully saturated rings. The smallest absolute Gasteiger partial charge is 0.328 e. The van der Waals surface area contributed by atoms with Crippen molar-refractivity contribution in [2.24, 2.45) is 5.10 Å². The predicted molar refractivity (Wildman–Crippen MR) is 84.4 cm³/mol. The molecule has 1 saturated heterocycles. The highest BCUT2D eigenvalue weighted by Gasteiger charge is 2.38. The van der Waals surface area contributed by atoms with Gasteiger partial charge in [-0.3, -0.25) is 9.80 Å². The highest BCUT2D eigenvalue weighted by Crippen LogP contribution is 2.25. The third-order valence-corrected chi connectivity index (χ3v) is 4.24. The van der Waals surface area contributed by atoms with Crippen molar-refractivity contribution in [3.8, 4) is 0 Å². The number of benzene rings is 1. The number of para-hydroxylation sites is 1. The van der Waals surface area contributed by atoms with Gasteiger partial charge in [0.05, 0.1) is 18.3 Å². The minimum absolute atomic E-state index is 0.0271. The first kappa shape index (κ1) is 15.5. The highest BCUT2D eigenvalue weighted by atomic mass is 16.5. The van der Waals surface area contributed by atoms with E-state index in [0.29, 0.717) is 18.9 Å². The second-order valence-corrected chi connectivity index (χ2v) is 5.72. The van der Waals surface area contributed by atoms with Gasteiger partial charge in [-0.2, -0.15) is 5.10 Å². The molecule has 0 radical (unpaired) electrons. The Bertz CT molecular complexity index is 625. The molecule has 1 amide bonds. The number of nitrogens with zero attached hydrogens (tertiary/aromatic N) is 3. The number of carboxylic acids is 1. The minimum atomic E-state index is -0.993. The maximum atomic E-state index is 12.6. The lowest BCUT2D eigenvalue weighted by molar-refractivity contribution is -0.138. The van der Waals surface area contributed by atoms with E-state index in [1.807, 2.05) is 18.2 Å². The van der Waals surface area contributed by atoms with Crippen LogP contribution in [-0.2, 0) is 14.3 Å². The van der Waals surface area contributed by atoms with Crippen molar-refractivity contribution in [2.75, 3.05) is 25.3 Å². The lowest BCUT2D eigenvalue weighted by Gasteiger charge is -2.22. The van der Waals surface area contributed by atoms with Gasteiger partial charge in [-0.1, -0.05) is 18.2 Å². The van der Waals surface area contributed by atoms with Gasteiger partial charge < -0.3 is 14.7 Å². The Balaban J connectivity index is 1.82. The first-order chi connectivity index (χ1) is 11.1. The maximum Gasteiger partial charge on any atom is 0.328 e. The molecule has 0 aromatic heterocycles. The SMILES string of the molecule is CN(C(=O)C1=NN(c2ccccc2)C(C(=O)O)C1)C1CCOC1. The number of ether oxygens (including phenoxy) is 1. The van der Waals surface area contributed by atoms with Gasteiger partial charge in [0.2, 0.25) is 0 Å². The van der Waals surface area contributed by atoms with Crippen molar-refractivity contribution in [3.63, 3.8) is 0 Å². The third-order valence-electron chi connectivity index (χ3n) is 4.24. The van der Waals surface area contributed by atoms with Crippen LogP contribution >= 0.6 is 0 Å². The molecular formula is C16H19N3O4. The molecule has 0 spiro atoms. The quantitative estimate of drug-likeness (QED) is 0.894. The van der Waals surface area contributed by atoms with E-state index >= 15 is 0 Å². The molecule has 2 heterocycles. The van der Waals surface area contributed by atoms with Crippen LogP contribution in [0.2, 0.25) is 0 Å². The highest BCUT2D eigenvalue weighted by molar-refractivity contribution is 6.40. The normalized spacial score (nSPS) is 23.7. The van der Waals surface area contributed by atoms with E-state index < -0.39 is 12.0 Å². The summed E-state index contributed by atoms with van der Waals surface area (Å²) < 4.78 is 5.30. The summed E-state index contributed by atoms with van der Waals surface area (Å²) in [5, 5.41) is 15.1. The zero-order valence-corrected chi connectivity index (χ0v) is 12.9. The van der Waals surface area contributed by atoms with E-state index in [4.69, 9.17) is 4.74 Å². The Hall–Kier alpha value is -2.41. The van der Waals surface area contributed by atoms with Gasteiger partial charge >= 0.3 is 5.97 Å². The van der Waals surface area contributed by atoms with Crippen LogP contribution in [0, 0.1) is 0 Å². The number of carboxylic acid groups (broad SMARTS) is 1. The van der Waals surface area contributed by atoms with Gasteiger partial charge in [-0.05, 0) is 18.6 Å². The molecule has 2 unspecified atom stereocenters. The van der Waals surface area contributed by atoms with E-state index in [0.717, 1.165) is 6.42 Å². The van der Waals surface area contributed by atoms with Crippen LogP contribution < -0.4 is 5.01 Å². The van der Waals surface area contributed by atoms with Crippen molar-refractivity contribution in [1.29, 1.82) is 0 Å². The summed E-state index contributed by atoms with van der Waals surface area (Å²) in [6.07, 6.45) is 0.890. The molecule has 23 heavy (non-hydrogen) atoms. The number of carbonyl (C=O) groups is 2. The van der Waals surface area contributed by atoms with Gasteiger partial charge in [0, 0.05) is 20.1 Å². The Morgan fingerprint density at radius 2 is 2.09 bits per heavy atom. The first-order valence-electron chi connectivity index (χ1n) is 7.57. The van der Waals surface area contributed by atoms with Crippen LogP contribution in [-0.4, -0.2) is 59.9 Å². The number of hydrogen-bond donors (Lipinski definition) is 1. The number of hydrogen-bond acceptors (Lipinski definition) is 5. The summed E-state index contributed by atoms with van der Waals surface area (Å²) in [4.78, 5) is 25.7. The van der Waals surface area contributed by atoms with Crippen LogP contribution in [0.1, 0.15) is 12.8 Å². The Morgan fingerprint density at radius 1 is 1.35 bits per heavy atom. The molecule has 1 aromatic rings.